The van der Waals surface area contributed by atoms with Gasteiger partial charge in [-0.1, -0.05) is 23.7 Å². The molecule has 0 aromatic heterocycles. The van der Waals surface area contributed by atoms with Gasteiger partial charge >= 0.3 is 0 Å². The normalized spacial score (nSPS) is 16.5. The minimum Gasteiger partial charge on any atom is -0.495 e. The van der Waals surface area contributed by atoms with Crippen molar-refractivity contribution in [2.75, 3.05) is 30.8 Å². The zero-order valence-electron chi connectivity index (χ0n) is 16.8. The first-order valence-corrected chi connectivity index (χ1v) is 11.4. The molecule has 1 aliphatic heterocycles. The molecule has 8 nitrogen and oxygen atoms in total. The molecule has 2 aromatic carbocycles. The van der Waals surface area contributed by atoms with Gasteiger partial charge in [-0.3, -0.25) is 9.10 Å². The van der Waals surface area contributed by atoms with Crippen LogP contribution in [0, 0.1) is 0 Å². The average Bonchev–Trinajstić information content (AvgIpc) is 2.71. The standard InChI is InChI=1S/C20H23ClN2O6S/c1-13(23(30(3,25)26)16-10-14(21)8-9-17(16)27-2)20(24)22-11-15-12-28-18-6-4-5-7-19(18)29-15/h4-10,13,15H,11-12H2,1-3H3,(H,22,24)/t13-,15-/m0/s1. The fourth-order valence-electron chi connectivity index (χ4n) is 3.14. The second-order valence-electron chi connectivity index (χ2n) is 6.79. The van der Waals surface area contributed by atoms with Gasteiger partial charge in [-0.15, -0.1) is 0 Å². The number of hydrogen-bond donors (Lipinski definition) is 1. The molecule has 0 unspecified atom stereocenters. The summed E-state index contributed by atoms with van der Waals surface area (Å²) < 4.78 is 42.7. The van der Waals surface area contributed by atoms with E-state index in [1.165, 1.54) is 20.1 Å². The number of fused-ring (bicyclic) bond motifs is 1. The van der Waals surface area contributed by atoms with E-state index >= 15 is 0 Å². The molecular weight excluding hydrogens is 432 g/mol. The quantitative estimate of drug-likeness (QED) is 0.690. The van der Waals surface area contributed by atoms with Crippen LogP contribution in [-0.4, -0.2) is 53.0 Å². The number of sulfonamides is 1. The van der Waals surface area contributed by atoms with E-state index < -0.39 is 28.1 Å². The predicted molar refractivity (Wildman–Crippen MR) is 114 cm³/mol. The second-order valence-corrected chi connectivity index (χ2v) is 9.09. The lowest BCUT2D eigenvalue weighted by Crippen LogP contribution is -2.50. The van der Waals surface area contributed by atoms with E-state index in [1.807, 2.05) is 12.1 Å². The topological polar surface area (TPSA) is 94.2 Å². The third-order valence-electron chi connectivity index (χ3n) is 4.54. The van der Waals surface area contributed by atoms with Crippen LogP contribution >= 0.6 is 11.6 Å². The molecule has 2 aromatic rings. The van der Waals surface area contributed by atoms with Crippen molar-refractivity contribution in [2.45, 2.75) is 19.1 Å². The highest BCUT2D eigenvalue weighted by Crippen LogP contribution is 2.34. The second kappa shape index (κ2) is 9.01. The number of carbonyl (C=O) groups excluding carboxylic acids is 1. The summed E-state index contributed by atoms with van der Waals surface area (Å²) in [6.45, 7) is 1.91. The Morgan fingerprint density at radius 2 is 2.00 bits per heavy atom. The summed E-state index contributed by atoms with van der Waals surface area (Å²) in [5.41, 5.74) is 0.182. The predicted octanol–water partition coefficient (Wildman–Crippen LogP) is 2.46. The summed E-state index contributed by atoms with van der Waals surface area (Å²) in [5.74, 6) is 1.03. The lowest BCUT2D eigenvalue weighted by molar-refractivity contribution is -0.122. The van der Waals surface area contributed by atoms with E-state index in [0.29, 0.717) is 16.5 Å². The average molecular weight is 455 g/mol. The number of benzene rings is 2. The van der Waals surface area contributed by atoms with E-state index in [0.717, 1.165) is 10.6 Å². The minimum atomic E-state index is -3.82. The van der Waals surface area contributed by atoms with Crippen molar-refractivity contribution in [3.8, 4) is 17.2 Å². The largest absolute Gasteiger partial charge is 0.495 e. The smallest absolute Gasteiger partial charge is 0.243 e. The number of halogens is 1. The van der Waals surface area contributed by atoms with Crippen molar-refractivity contribution in [3.63, 3.8) is 0 Å². The van der Waals surface area contributed by atoms with Gasteiger partial charge in [0.1, 0.15) is 24.5 Å². The molecule has 1 heterocycles. The van der Waals surface area contributed by atoms with Crippen LogP contribution in [0.1, 0.15) is 6.92 Å². The lowest BCUT2D eigenvalue weighted by atomic mass is 10.2. The molecule has 0 aliphatic carbocycles. The van der Waals surface area contributed by atoms with Crippen molar-refractivity contribution in [3.05, 3.63) is 47.5 Å². The highest BCUT2D eigenvalue weighted by Gasteiger charge is 2.32. The van der Waals surface area contributed by atoms with Gasteiger partial charge in [-0.25, -0.2) is 8.42 Å². The minimum absolute atomic E-state index is 0.155. The lowest BCUT2D eigenvalue weighted by Gasteiger charge is -2.30. The van der Waals surface area contributed by atoms with E-state index in [1.54, 1.807) is 24.3 Å². The first kappa shape index (κ1) is 22.0. The summed E-state index contributed by atoms with van der Waals surface area (Å²) in [7, 11) is -2.40. The molecule has 0 saturated heterocycles. The molecule has 162 valence electrons. The summed E-state index contributed by atoms with van der Waals surface area (Å²) >= 11 is 6.05. The van der Waals surface area contributed by atoms with Gasteiger partial charge in [0.05, 0.1) is 25.6 Å². The summed E-state index contributed by atoms with van der Waals surface area (Å²) in [4.78, 5) is 12.8. The van der Waals surface area contributed by atoms with Crippen molar-refractivity contribution >= 4 is 33.2 Å². The van der Waals surface area contributed by atoms with Gasteiger partial charge in [0.2, 0.25) is 15.9 Å². The Bertz CT molecular complexity index is 1030. The molecule has 2 atom stereocenters. The number of ether oxygens (including phenoxy) is 3. The van der Waals surface area contributed by atoms with E-state index in [2.05, 4.69) is 5.32 Å². The molecule has 3 rings (SSSR count). The Kier molecular flexibility index (Phi) is 6.62. The van der Waals surface area contributed by atoms with Gasteiger partial charge in [0.15, 0.2) is 11.5 Å². The van der Waals surface area contributed by atoms with Crippen LogP contribution in [0.25, 0.3) is 0 Å². The van der Waals surface area contributed by atoms with Crippen LogP contribution in [0.2, 0.25) is 5.02 Å². The number of amides is 1. The molecule has 1 aliphatic rings. The Morgan fingerprint density at radius 1 is 1.30 bits per heavy atom. The van der Waals surface area contributed by atoms with E-state index in [9.17, 15) is 13.2 Å². The van der Waals surface area contributed by atoms with Crippen LogP contribution in [0.15, 0.2) is 42.5 Å². The van der Waals surface area contributed by atoms with Crippen molar-refractivity contribution in [2.24, 2.45) is 0 Å². The first-order valence-electron chi connectivity index (χ1n) is 9.20. The molecule has 1 N–H and O–H groups in total. The van der Waals surface area contributed by atoms with Gasteiger partial charge in [0, 0.05) is 5.02 Å². The molecule has 30 heavy (non-hydrogen) atoms. The number of anilines is 1. The van der Waals surface area contributed by atoms with Crippen molar-refractivity contribution < 1.29 is 27.4 Å². The third kappa shape index (κ3) is 4.91. The third-order valence-corrected chi connectivity index (χ3v) is 6.00. The van der Waals surface area contributed by atoms with Crippen LogP contribution in [-0.2, 0) is 14.8 Å². The van der Waals surface area contributed by atoms with Crippen LogP contribution in [0.5, 0.6) is 17.2 Å². The fraction of sp³-hybridized carbons (Fsp3) is 0.350. The van der Waals surface area contributed by atoms with E-state index in [4.69, 9.17) is 25.8 Å². The Labute approximate surface area is 180 Å². The summed E-state index contributed by atoms with van der Waals surface area (Å²) in [6, 6.07) is 10.8. The number of carbonyl (C=O) groups is 1. The van der Waals surface area contributed by atoms with Crippen molar-refractivity contribution in [1.82, 2.24) is 5.32 Å². The molecule has 0 fully saturated rings. The zero-order valence-corrected chi connectivity index (χ0v) is 18.4. The molecule has 10 heteroatoms. The number of hydrogen-bond acceptors (Lipinski definition) is 6. The van der Waals surface area contributed by atoms with Crippen LogP contribution < -0.4 is 23.8 Å². The van der Waals surface area contributed by atoms with Gasteiger partial charge in [-0.2, -0.15) is 0 Å². The highest BCUT2D eigenvalue weighted by atomic mass is 35.5. The van der Waals surface area contributed by atoms with Crippen molar-refractivity contribution in [1.29, 1.82) is 0 Å². The number of nitrogens with one attached hydrogen (secondary N) is 1. The van der Waals surface area contributed by atoms with Gasteiger partial charge < -0.3 is 19.5 Å². The maximum Gasteiger partial charge on any atom is 0.243 e. The Balaban J connectivity index is 1.74. The van der Waals surface area contributed by atoms with Crippen LogP contribution in [0.3, 0.4) is 0 Å². The Hall–Kier alpha value is -2.65. The number of methoxy groups -OCH3 is 1. The molecule has 1 amide bonds. The molecule has 0 saturated carbocycles. The maximum atomic E-state index is 12.8. The zero-order chi connectivity index (χ0) is 21.9. The maximum absolute atomic E-state index is 12.8. The first-order chi connectivity index (χ1) is 14.2. The molecule has 0 radical (unpaired) electrons. The molecular formula is C20H23ClN2O6S. The Morgan fingerprint density at radius 3 is 2.67 bits per heavy atom. The SMILES string of the molecule is COc1ccc(Cl)cc1N([C@@H](C)C(=O)NC[C@H]1COc2ccccc2O1)S(C)(=O)=O. The monoisotopic (exact) mass is 454 g/mol. The van der Waals surface area contributed by atoms with Crippen LogP contribution in [0.4, 0.5) is 5.69 Å². The number of para-hydroxylation sites is 2. The van der Waals surface area contributed by atoms with Gasteiger partial charge in [-0.05, 0) is 37.3 Å². The van der Waals surface area contributed by atoms with Gasteiger partial charge in [0.25, 0.3) is 0 Å². The van der Waals surface area contributed by atoms with E-state index in [-0.39, 0.29) is 24.6 Å². The molecule has 0 bridgehead atoms. The fourth-order valence-corrected chi connectivity index (χ4v) is 4.48. The highest BCUT2D eigenvalue weighted by molar-refractivity contribution is 7.92. The summed E-state index contributed by atoms with van der Waals surface area (Å²) in [5, 5.41) is 3.05. The summed E-state index contributed by atoms with van der Waals surface area (Å²) in [6.07, 6.45) is 0.620. The number of rotatable bonds is 7. The number of nitrogens with zero attached hydrogens (tertiary/aromatic N) is 1. The molecule has 0 spiro atoms.